The number of halogens is 1. The smallest absolute Gasteiger partial charge is 0.271 e. The van der Waals surface area contributed by atoms with Crippen LogP contribution in [0.2, 0.25) is 5.02 Å². The van der Waals surface area contributed by atoms with Gasteiger partial charge in [0.2, 0.25) is 0 Å². The van der Waals surface area contributed by atoms with E-state index < -0.39 is 6.10 Å². The molecular formula is C23H25ClN2O4S. The molecule has 0 aliphatic carbocycles. The summed E-state index contributed by atoms with van der Waals surface area (Å²) in [5.41, 5.74) is 2.57. The van der Waals surface area contributed by atoms with Crippen molar-refractivity contribution in [2.45, 2.75) is 26.4 Å². The molecule has 0 spiro atoms. The van der Waals surface area contributed by atoms with Gasteiger partial charge in [0.05, 0.1) is 22.2 Å². The number of aliphatic hydroxyl groups excluding tert-OH is 2. The molecular weight excluding hydrogens is 436 g/mol. The quantitative estimate of drug-likeness (QED) is 0.575. The Morgan fingerprint density at radius 1 is 1.29 bits per heavy atom. The average Bonchev–Trinajstić information content (AvgIpc) is 3.06. The van der Waals surface area contributed by atoms with E-state index in [0.717, 1.165) is 23.2 Å². The van der Waals surface area contributed by atoms with Crippen molar-refractivity contribution >= 4 is 46.2 Å². The van der Waals surface area contributed by atoms with E-state index in [1.54, 1.807) is 29.2 Å². The first-order valence-electron chi connectivity index (χ1n) is 10.00. The fourth-order valence-corrected chi connectivity index (χ4v) is 4.17. The lowest BCUT2D eigenvalue weighted by Gasteiger charge is -2.18. The highest BCUT2D eigenvalue weighted by Crippen LogP contribution is 2.38. The number of hydrogen-bond acceptors (Lipinski definition) is 6. The standard InChI is InChI=1S/C23H25ClN2O4S/c1-3-10-25-23-26(19-7-5-4-6-15(19)2)22(29)21(31-23)12-16-8-9-20(18(24)11-16)30-14-17(28)13-27/h4-9,11-12,17,27-28H,3,10,13-14H2,1-2H3/b21-12-,25-23+/t17-/m0/s1. The summed E-state index contributed by atoms with van der Waals surface area (Å²) < 4.78 is 5.42. The molecule has 31 heavy (non-hydrogen) atoms. The first-order valence-corrected chi connectivity index (χ1v) is 11.2. The van der Waals surface area contributed by atoms with Crippen molar-refractivity contribution in [3.63, 3.8) is 0 Å². The van der Waals surface area contributed by atoms with E-state index in [9.17, 15) is 9.90 Å². The Morgan fingerprint density at radius 3 is 2.74 bits per heavy atom. The minimum Gasteiger partial charge on any atom is -0.489 e. The molecule has 2 aromatic carbocycles. The number of aliphatic imine (C=N–C) groups is 1. The lowest BCUT2D eigenvalue weighted by Crippen LogP contribution is -2.29. The summed E-state index contributed by atoms with van der Waals surface area (Å²) in [6, 6.07) is 12.9. The molecule has 0 saturated carbocycles. The van der Waals surface area contributed by atoms with Gasteiger partial charge in [-0.1, -0.05) is 42.8 Å². The van der Waals surface area contributed by atoms with Crippen molar-refractivity contribution in [2.24, 2.45) is 4.99 Å². The molecule has 1 heterocycles. The van der Waals surface area contributed by atoms with Crippen molar-refractivity contribution in [1.29, 1.82) is 0 Å². The summed E-state index contributed by atoms with van der Waals surface area (Å²) in [6.45, 7) is 4.21. The number of para-hydroxylation sites is 1. The molecule has 3 rings (SSSR count). The fraction of sp³-hybridized carbons (Fsp3) is 0.304. The summed E-state index contributed by atoms with van der Waals surface area (Å²) in [5, 5.41) is 19.3. The number of amides is 1. The van der Waals surface area contributed by atoms with Crippen LogP contribution in [0.15, 0.2) is 52.4 Å². The van der Waals surface area contributed by atoms with Crippen LogP contribution in [-0.2, 0) is 4.79 Å². The van der Waals surface area contributed by atoms with Crippen LogP contribution in [0, 0.1) is 6.92 Å². The average molecular weight is 461 g/mol. The topological polar surface area (TPSA) is 82.4 Å². The van der Waals surface area contributed by atoms with Crippen molar-refractivity contribution in [3.8, 4) is 5.75 Å². The number of amidine groups is 1. The van der Waals surface area contributed by atoms with Gasteiger partial charge >= 0.3 is 0 Å². The van der Waals surface area contributed by atoms with Gasteiger partial charge in [0.1, 0.15) is 18.5 Å². The van der Waals surface area contributed by atoms with Gasteiger partial charge in [0, 0.05) is 6.54 Å². The highest BCUT2D eigenvalue weighted by atomic mass is 35.5. The predicted molar refractivity (Wildman–Crippen MR) is 127 cm³/mol. The van der Waals surface area contributed by atoms with E-state index in [1.807, 2.05) is 38.1 Å². The first-order chi connectivity index (χ1) is 14.9. The molecule has 0 unspecified atom stereocenters. The van der Waals surface area contributed by atoms with Crippen LogP contribution in [0.1, 0.15) is 24.5 Å². The van der Waals surface area contributed by atoms with E-state index in [-0.39, 0.29) is 19.1 Å². The van der Waals surface area contributed by atoms with Crippen LogP contribution in [0.3, 0.4) is 0 Å². The maximum absolute atomic E-state index is 13.2. The van der Waals surface area contributed by atoms with Gasteiger partial charge in [-0.05, 0) is 60.5 Å². The summed E-state index contributed by atoms with van der Waals surface area (Å²) in [4.78, 5) is 20.1. The Hall–Kier alpha value is -2.32. The number of carbonyl (C=O) groups excluding carboxylic acids is 1. The molecule has 1 fully saturated rings. The summed E-state index contributed by atoms with van der Waals surface area (Å²) in [6.07, 6.45) is 1.70. The van der Waals surface area contributed by atoms with Gasteiger partial charge in [-0.3, -0.25) is 14.7 Å². The predicted octanol–water partition coefficient (Wildman–Crippen LogP) is 4.27. The van der Waals surface area contributed by atoms with Gasteiger partial charge in [-0.15, -0.1) is 0 Å². The number of aliphatic hydroxyl groups is 2. The molecule has 1 saturated heterocycles. The molecule has 2 N–H and O–H groups in total. The largest absolute Gasteiger partial charge is 0.489 e. The summed E-state index contributed by atoms with van der Waals surface area (Å²) in [5.74, 6) is 0.269. The van der Waals surface area contributed by atoms with Crippen LogP contribution in [0.5, 0.6) is 5.75 Å². The van der Waals surface area contributed by atoms with Crippen LogP contribution >= 0.6 is 23.4 Å². The van der Waals surface area contributed by atoms with Gasteiger partial charge in [0.25, 0.3) is 5.91 Å². The molecule has 1 amide bonds. The van der Waals surface area contributed by atoms with E-state index in [1.165, 1.54) is 11.8 Å². The Kier molecular flexibility index (Phi) is 8.15. The van der Waals surface area contributed by atoms with Crippen LogP contribution in [0.4, 0.5) is 5.69 Å². The fourth-order valence-electron chi connectivity index (χ4n) is 2.93. The number of thioether (sulfide) groups is 1. The Balaban J connectivity index is 1.88. The molecule has 8 heteroatoms. The zero-order chi connectivity index (χ0) is 22.4. The Labute approximate surface area is 191 Å². The number of nitrogens with zero attached hydrogens (tertiary/aromatic N) is 2. The zero-order valence-electron chi connectivity index (χ0n) is 17.4. The van der Waals surface area contributed by atoms with Gasteiger partial charge in [0.15, 0.2) is 5.17 Å². The number of hydrogen-bond donors (Lipinski definition) is 2. The van der Waals surface area contributed by atoms with Crippen molar-refractivity contribution in [1.82, 2.24) is 0 Å². The molecule has 1 aliphatic rings. The maximum atomic E-state index is 13.2. The molecule has 6 nitrogen and oxygen atoms in total. The van der Waals surface area contributed by atoms with Crippen LogP contribution in [0.25, 0.3) is 6.08 Å². The lowest BCUT2D eigenvalue weighted by molar-refractivity contribution is -0.113. The van der Waals surface area contributed by atoms with E-state index >= 15 is 0 Å². The second kappa shape index (κ2) is 10.8. The molecule has 164 valence electrons. The molecule has 1 aliphatic heterocycles. The second-order valence-corrected chi connectivity index (χ2v) is 8.46. The highest BCUT2D eigenvalue weighted by molar-refractivity contribution is 8.19. The van der Waals surface area contributed by atoms with Crippen molar-refractivity contribution in [2.75, 3.05) is 24.7 Å². The lowest BCUT2D eigenvalue weighted by atomic mass is 10.1. The SMILES string of the molecule is CCC/N=C1/S/C(=C\c2ccc(OC[C@@H](O)CO)c(Cl)c2)C(=O)N1c1ccccc1C. The minimum absolute atomic E-state index is 0.0619. The Morgan fingerprint density at radius 2 is 2.06 bits per heavy atom. The highest BCUT2D eigenvalue weighted by Gasteiger charge is 2.35. The zero-order valence-corrected chi connectivity index (χ0v) is 19.0. The van der Waals surface area contributed by atoms with Crippen molar-refractivity contribution < 1.29 is 19.7 Å². The number of rotatable bonds is 8. The third kappa shape index (κ3) is 5.68. The van der Waals surface area contributed by atoms with Gasteiger partial charge in [-0.25, -0.2) is 0 Å². The van der Waals surface area contributed by atoms with Crippen LogP contribution < -0.4 is 9.64 Å². The number of anilines is 1. The Bertz CT molecular complexity index is 1010. The second-order valence-electron chi connectivity index (χ2n) is 7.04. The van der Waals surface area contributed by atoms with E-state index in [0.29, 0.717) is 27.4 Å². The normalized spacial score (nSPS) is 17.6. The molecule has 0 radical (unpaired) electrons. The third-order valence-electron chi connectivity index (χ3n) is 4.53. The first kappa shape index (κ1) is 23.3. The summed E-state index contributed by atoms with van der Waals surface area (Å²) >= 11 is 7.64. The van der Waals surface area contributed by atoms with Gasteiger partial charge < -0.3 is 14.9 Å². The maximum Gasteiger partial charge on any atom is 0.271 e. The molecule has 2 aromatic rings. The van der Waals surface area contributed by atoms with E-state index in [2.05, 4.69) is 4.99 Å². The van der Waals surface area contributed by atoms with Gasteiger partial charge in [-0.2, -0.15) is 0 Å². The number of aryl methyl sites for hydroxylation is 1. The van der Waals surface area contributed by atoms with Crippen molar-refractivity contribution in [3.05, 3.63) is 63.5 Å². The minimum atomic E-state index is -0.973. The molecule has 0 aromatic heterocycles. The monoisotopic (exact) mass is 460 g/mol. The summed E-state index contributed by atoms with van der Waals surface area (Å²) in [7, 11) is 0. The third-order valence-corrected chi connectivity index (χ3v) is 5.83. The number of carbonyl (C=O) groups is 1. The van der Waals surface area contributed by atoms with Crippen LogP contribution in [-0.4, -0.2) is 47.2 Å². The molecule has 0 bridgehead atoms. The number of ether oxygens (including phenoxy) is 1. The number of benzene rings is 2. The molecule has 1 atom stereocenters. The van der Waals surface area contributed by atoms with E-state index in [4.69, 9.17) is 21.4 Å².